The lowest BCUT2D eigenvalue weighted by molar-refractivity contribution is 0.0951. The van der Waals surface area contributed by atoms with Crippen LogP contribution in [-0.2, 0) is 12.4 Å². The van der Waals surface area contributed by atoms with Crippen LogP contribution in [0.4, 0.5) is 0 Å². The van der Waals surface area contributed by atoms with Gasteiger partial charge in [-0.3, -0.25) is 4.79 Å². The number of hydrogen-bond acceptors (Lipinski definition) is 3. The SMILES string of the molecule is O=C(NCc1nc(CCl)cs1)c1ccccc1. The van der Waals surface area contributed by atoms with Gasteiger partial charge in [-0.25, -0.2) is 4.98 Å². The number of nitrogens with zero attached hydrogens (tertiary/aromatic N) is 1. The number of hydrogen-bond donors (Lipinski definition) is 1. The minimum Gasteiger partial charge on any atom is -0.346 e. The van der Waals surface area contributed by atoms with Crippen LogP contribution < -0.4 is 5.32 Å². The molecule has 0 saturated heterocycles. The van der Waals surface area contributed by atoms with Gasteiger partial charge in [0.05, 0.1) is 18.1 Å². The van der Waals surface area contributed by atoms with Gasteiger partial charge < -0.3 is 5.32 Å². The predicted octanol–water partition coefficient (Wildman–Crippen LogP) is 2.81. The van der Waals surface area contributed by atoms with Gasteiger partial charge >= 0.3 is 0 Å². The number of rotatable bonds is 4. The standard InChI is InChI=1S/C12H11ClN2OS/c13-6-10-8-17-11(15-10)7-14-12(16)9-4-2-1-3-5-9/h1-5,8H,6-7H2,(H,14,16). The van der Waals surface area contributed by atoms with Crippen molar-refractivity contribution in [3.8, 4) is 0 Å². The molecule has 0 aliphatic rings. The molecule has 1 amide bonds. The van der Waals surface area contributed by atoms with Gasteiger partial charge in [0.15, 0.2) is 0 Å². The van der Waals surface area contributed by atoms with Crippen molar-refractivity contribution in [1.29, 1.82) is 0 Å². The molecule has 17 heavy (non-hydrogen) atoms. The summed E-state index contributed by atoms with van der Waals surface area (Å²) in [7, 11) is 0. The van der Waals surface area contributed by atoms with Crippen molar-refractivity contribution >= 4 is 28.8 Å². The first-order chi connectivity index (χ1) is 8.29. The Bertz CT molecular complexity index is 498. The zero-order valence-electron chi connectivity index (χ0n) is 9.02. The van der Waals surface area contributed by atoms with Crippen molar-refractivity contribution in [2.24, 2.45) is 0 Å². The van der Waals surface area contributed by atoms with E-state index in [2.05, 4.69) is 10.3 Å². The number of nitrogens with one attached hydrogen (secondary N) is 1. The summed E-state index contributed by atoms with van der Waals surface area (Å²) in [6, 6.07) is 9.11. The summed E-state index contributed by atoms with van der Waals surface area (Å²) in [4.78, 5) is 16.0. The largest absolute Gasteiger partial charge is 0.346 e. The van der Waals surface area contributed by atoms with Crippen molar-refractivity contribution in [1.82, 2.24) is 10.3 Å². The Kier molecular flexibility index (Phi) is 4.12. The van der Waals surface area contributed by atoms with E-state index < -0.39 is 0 Å². The Labute approximate surface area is 108 Å². The van der Waals surface area contributed by atoms with Gasteiger partial charge in [-0.1, -0.05) is 18.2 Å². The summed E-state index contributed by atoms with van der Waals surface area (Å²) in [5.74, 6) is 0.316. The zero-order valence-corrected chi connectivity index (χ0v) is 10.6. The molecule has 0 saturated carbocycles. The van der Waals surface area contributed by atoms with Crippen LogP contribution in [-0.4, -0.2) is 10.9 Å². The smallest absolute Gasteiger partial charge is 0.251 e. The fourth-order valence-corrected chi connectivity index (χ4v) is 2.30. The number of amides is 1. The summed E-state index contributed by atoms with van der Waals surface area (Å²) in [6.07, 6.45) is 0. The maximum Gasteiger partial charge on any atom is 0.251 e. The molecule has 3 nitrogen and oxygen atoms in total. The fraction of sp³-hybridized carbons (Fsp3) is 0.167. The normalized spacial score (nSPS) is 10.2. The molecule has 0 aliphatic carbocycles. The summed E-state index contributed by atoms with van der Waals surface area (Å²) in [5.41, 5.74) is 1.50. The van der Waals surface area contributed by atoms with Crippen molar-refractivity contribution in [2.45, 2.75) is 12.4 Å². The molecular weight excluding hydrogens is 256 g/mol. The molecular formula is C12H11ClN2OS. The molecule has 5 heteroatoms. The second kappa shape index (κ2) is 5.80. The third-order valence-electron chi connectivity index (χ3n) is 2.17. The Hall–Kier alpha value is -1.39. The lowest BCUT2D eigenvalue weighted by Gasteiger charge is -2.02. The van der Waals surface area contributed by atoms with E-state index in [-0.39, 0.29) is 5.91 Å². The number of thiazole rings is 1. The lowest BCUT2D eigenvalue weighted by atomic mass is 10.2. The van der Waals surface area contributed by atoms with Crippen LogP contribution in [0.3, 0.4) is 0 Å². The van der Waals surface area contributed by atoms with Gasteiger partial charge in [0, 0.05) is 10.9 Å². The summed E-state index contributed by atoms with van der Waals surface area (Å²) < 4.78 is 0. The molecule has 1 N–H and O–H groups in total. The molecule has 1 aromatic carbocycles. The van der Waals surface area contributed by atoms with Crippen LogP contribution in [0.2, 0.25) is 0 Å². The summed E-state index contributed by atoms with van der Waals surface area (Å²) in [5, 5.41) is 5.58. The molecule has 0 fully saturated rings. The van der Waals surface area contributed by atoms with Gasteiger partial charge in [0.1, 0.15) is 5.01 Å². The van der Waals surface area contributed by atoms with Gasteiger partial charge in [-0.2, -0.15) is 0 Å². The number of alkyl halides is 1. The highest BCUT2D eigenvalue weighted by Crippen LogP contribution is 2.11. The fourth-order valence-electron chi connectivity index (χ4n) is 1.34. The molecule has 2 aromatic rings. The van der Waals surface area contributed by atoms with E-state index >= 15 is 0 Å². The van der Waals surface area contributed by atoms with Crippen molar-refractivity contribution in [3.63, 3.8) is 0 Å². The van der Waals surface area contributed by atoms with Crippen LogP contribution >= 0.6 is 22.9 Å². The molecule has 0 spiro atoms. The summed E-state index contributed by atoms with van der Waals surface area (Å²) in [6.45, 7) is 0.440. The topological polar surface area (TPSA) is 42.0 Å². The molecule has 1 heterocycles. The second-order valence-corrected chi connectivity index (χ2v) is 4.62. The zero-order chi connectivity index (χ0) is 12.1. The van der Waals surface area contributed by atoms with Crippen molar-refractivity contribution in [3.05, 3.63) is 52.0 Å². The third kappa shape index (κ3) is 3.28. The number of carbonyl (C=O) groups excluding carboxylic acids is 1. The molecule has 0 unspecified atom stereocenters. The Balaban J connectivity index is 1.92. The number of halogens is 1. The second-order valence-electron chi connectivity index (χ2n) is 3.41. The van der Waals surface area contributed by atoms with Gasteiger partial charge in [-0.15, -0.1) is 22.9 Å². The van der Waals surface area contributed by atoms with E-state index in [1.165, 1.54) is 11.3 Å². The molecule has 1 aromatic heterocycles. The van der Waals surface area contributed by atoms with Crippen LogP contribution in [0, 0.1) is 0 Å². The van der Waals surface area contributed by atoms with E-state index in [1.807, 2.05) is 23.6 Å². The molecule has 0 radical (unpaired) electrons. The van der Waals surface area contributed by atoms with Crippen LogP contribution in [0.1, 0.15) is 21.1 Å². The third-order valence-corrected chi connectivity index (χ3v) is 3.34. The minimum atomic E-state index is -0.0896. The Morgan fingerprint density at radius 3 is 2.76 bits per heavy atom. The van der Waals surface area contributed by atoms with Gasteiger partial charge in [0.25, 0.3) is 5.91 Å². The molecule has 2 rings (SSSR count). The van der Waals surface area contributed by atoms with Crippen molar-refractivity contribution < 1.29 is 4.79 Å². The first-order valence-corrected chi connectivity index (χ1v) is 6.53. The highest BCUT2D eigenvalue weighted by Gasteiger charge is 2.06. The van der Waals surface area contributed by atoms with Crippen LogP contribution in [0.25, 0.3) is 0 Å². The number of benzene rings is 1. The van der Waals surface area contributed by atoms with Crippen LogP contribution in [0.5, 0.6) is 0 Å². The maximum atomic E-state index is 11.7. The van der Waals surface area contributed by atoms with E-state index in [1.54, 1.807) is 12.1 Å². The highest BCUT2D eigenvalue weighted by molar-refractivity contribution is 7.09. The average Bonchev–Trinajstić information content (AvgIpc) is 2.85. The Morgan fingerprint density at radius 2 is 2.12 bits per heavy atom. The quantitative estimate of drug-likeness (QED) is 0.865. The summed E-state index contributed by atoms with van der Waals surface area (Å²) >= 11 is 7.16. The molecule has 0 atom stereocenters. The van der Waals surface area contributed by atoms with Crippen LogP contribution in [0.15, 0.2) is 35.7 Å². The van der Waals surface area contributed by atoms with E-state index in [0.29, 0.717) is 18.0 Å². The van der Waals surface area contributed by atoms with E-state index in [0.717, 1.165) is 10.7 Å². The number of aromatic nitrogens is 1. The first kappa shape index (κ1) is 12.1. The minimum absolute atomic E-state index is 0.0896. The number of carbonyl (C=O) groups is 1. The van der Waals surface area contributed by atoms with E-state index in [9.17, 15) is 4.79 Å². The lowest BCUT2D eigenvalue weighted by Crippen LogP contribution is -2.22. The monoisotopic (exact) mass is 266 g/mol. The van der Waals surface area contributed by atoms with Gasteiger partial charge in [0.2, 0.25) is 0 Å². The highest BCUT2D eigenvalue weighted by atomic mass is 35.5. The van der Waals surface area contributed by atoms with E-state index in [4.69, 9.17) is 11.6 Å². The Morgan fingerprint density at radius 1 is 1.35 bits per heavy atom. The first-order valence-electron chi connectivity index (χ1n) is 5.12. The average molecular weight is 267 g/mol. The van der Waals surface area contributed by atoms with Crippen molar-refractivity contribution in [2.75, 3.05) is 0 Å². The molecule has 88 valence electrons. The molecule has 0 bridgehead atoms. The maximum absolute atomic E-state index is 11.7. The predicted molar refractivity (Wildman–Crippen MR) is 69.3 cm³/mol. The van der Waals surface area contributed by atoms with Gasteiger partial charge in [-0.05, 0) is 12.1 Å². The molecule has 0 aliphatic heterocycles.